The quantitative estimate of drug-likeness (QED) is 0.772. The van der Waals surface area contributed by atoms with Crippen molar-refractivity contribution in [3.63, 3.8) is 0 Å². The van der Waals surface area contributed by atoms with Gasteiger partial charge in [-0.3, -0.25) is 4.79 Å². The minimum absolute atomic E-state index is 0.259. The molecular formula is C12H19N3O4. The Balaban J connectivity index is 2.79. The number of H-pyrrole nitrogens is 1. The Labute approximate surface area is 111 Å². The molecule has 0 radical (unpaired) electrons. The predicted molar refractivity (Wildman–Crippen MR) is 67.7 cm³/mol. The smallest absolute Gasteiger partial charge is 0.408 e. The molecule has 7 nitrogen and oxygen atoms in total. The van der Waals surface area contributed by atoms with Gasteiger partial charge < -0.3 is 20.1 Å². The maximum atomic E-state index is 11.7. The van der Waals surface area contributed by atoms with Gasteiger partial charge in [-0.25, -0.2) is 9.78 Å². The van der Waals surface area contributed by atoms with E-state index < -0.39 is 23.7 Å². The number of rotatable bonds is 4. The van der Waals surface area contributed by atoms with Crippen LogP contribution in [0.4, 0.5) is 4.79 Å². The molecule has 19 heavy (non-hydrogen) atoms. The topological polar surface area (TPSA) is 104 Å². The Morgan fingerprint density at radius 1 is 1.53 bits per heavy atom. The summed E-state index contributed by atoms with van der Waals surface area (Å²) < 4.78 is 5.11. The molecule has 1 aromatic rings. The van der Waals surface area contributed by atoms with Crippen molar-refractivity contribution in [1.29, 1.82) is 0 Å². The Kier molecular flexibility index (Phi) is 4.52. The third-order valence-electron chi connectivity index (χ3n) is 2.27. The van der Waals surface area contributed by atoms with Crippen LogP contribution in [0.5, 0.6) is 0 Å². The molecule has 7 heteroatoms. The molecule has 0 bridgehead atoms. The monoisotopic (exact) mass is 269 g/mol. The molecule has 0 aliphatic heterocycles. The lowest BCUT2D eigenvalue weighted by Crippen LogP contribution is -2.36. The number of amides is 1. The molecule has 1 aromatic heterocycles. The number of nitrogens with one attached hydrogen (secondary N) is 2. The highest BCUT2D eigenvalue weighted by molar-refractivity contribution is 5.72. The van der Waals surface area contributed by atoms with Gasteiger partial charge in [-0.2, -0.15) is 0 Å². The van der Waals surface area contributed by atoms with E-state index in [1.807, 2.05) is 0 Å². The zero-order chi connectivity index (χ0) is 14.6. The first-order valence-electron chi connectivity index (χ1n) is 5.90. The number of carbonyl (C=O) groups is 2. The molecule has 1 heterocycles. The van der Waals surface area contributed by atoms with Crippen molar-refractivity contribution in [1.82, 2.24) is 15.3 Å². The molecule has 1 rings (SSSR count). The second-order valence-corrected chi connectivity index (χ2v) is 5.21. The van der Waals surface area contributed by atoms with Gasteiger partial charge in [-0.15, -0.1) is 0 Å². The van der Waals surface area contributed by atoms with Crippen LogP contribution in [0.3, 0.4) is 0 Å². The molecule has 1 amide bonds. The highest BCUT2D eigenvalue weighted by atomic mass is 16.6. The van der Waals surface area contributed by atoms with Gasteiger partial charge >= 0.3 is 12.1 Å². The van der Waals surface area contributed by atoms with Gasteiger partial charge in [0.15, 0.2) is 0 Å². The van der Waals surface area contributed by atoms with Crippen molar-refractivity contribution >= 4 is 12.1 Å². The van der Waals surface area contributed by atoms with E-state index in [2.05, 4.69) is 15.3 Å². The van der Waals surface area contributed by atoms with Crippen LogP contribution in [0.15, 0.2) is 6.33 Å². The number of carboxylic acid groups (broad SMARTS) is 1. The van der Waals surface area contributed by atoms with Gasteiger partial charge in [0, 0.05) is 5.69 Å². The minimum Gasteiger partial charge on any atom is -0.481 e. The van der Waals surface area contributed by atoms with Gasteiger partial charge in [0.25, 0.3) is 0 Å². The number of aliphatic carboxylic acids is 1. The van der Waals surface area contributed by atoms with Crippen molar-refractivity contribution in [2.24, 2.45) is 0 Å². The zero-order valence-electron chi connectivity index (χ0n) is 11.5. The summed E-state index contributed by atoms with van der Waals surface area (Å²) in [5.41, 5.74) is 0.564. The van der Waals surface area contributed by atoms with Crippen molar-refractivity contribution in [3.05, 3.63) is 17.7 Å². The van der Waals surface area contributed by atoms with Crippen LogP contribution in [0.1, 0.15) is 44.6 Å². The molecule has 1 atom stereocenters. The fourth-order valence-electron chi connectivity index (χ4n) is 1.56. The molecule has 0 saturated carbocycles. The normalized spacial score (nSPS) is 12.8. The molecule has 3 N–H and O–H groups in total. The molecule has 106 valence electrons. The molecule has 0 saturated heterocycles. The molecule has 0 fully saturated rings. The van der Waals surface area contributed by atoms with E-state index in [0.717, 1.165) is 0 Å². The van der Waals surface area contributed by atoms with Crippen LogP contribution >= 0.6 is 0 Å². The van der Waals surface area contributed by atoms with Gasteiger partial charge in [-0.1, -0.05) is 0 Å². The maximum Gasteiger partial charge on any atom is 0.408 e. The van der Waals surface area contributed by atoms with Crippen LogP contribution in [-0.2, 0) is 9.53 Å². The largest absolute Gasteiger partial charge is 0.481 e. The third-order valence-corrected chi connectivity index (χ3v) is 2.27. The van der Waals surface area contributed by atoms with E-state index in [1.54, 1.807) is 27.7 Å². The number of aromatic amines is 1. The highest BCUT2D eigenvalue weighted by Gasteiger charge is 2.24. The summed E-state index contributed by atoms with van der Waals surface area (Å²) >= 11 is 0. The number of carbonyl (C=O) groups excluding carboxylic acids is 1. The van der Waals surface area contributed by atoms with Crippen LogP contribution in [0.2, 0.25) is 0 Å². The number of hydrogen-bond donors (Lipinski definition) is 3. The number of nitrogens with zero attached hydrogens (tertiary/aromatic N) is 1. The highest BCUT2D eigenvalue weighted by Crippen LogP contribution is 2.18. The number of hydrogen-bond acceptors (Lipinski definition) is 4. The average Bonchev–Trinajstić information content (AvgIpc) is 2.59. The van der Waals surface area contributed by atoms with Gasteiger partial charge in [0.1, 0.15) is 5.60 Å². The number of aromatic nitrogens is 2. The molecule has 0 spiro atoms. The van der Waals surface area contributed by atoms with Gasteiger partial charge in [0.2, 0.25) is 0 Å². The number of imidazole rings is 1. The van der Waals surface area contributed by atoms with E-state index in [0.29, 0.717) is 11.4 Å². The number of ether oxygens (including phenoxy) is 1. The number of aryl methyl sites for hydroxylation is 1. The summed E-state index contributed by atoms with van der Waals surface area (Å²) in [6.07, 6.45) is 0.530. The van der Waals surface area contributed by atoms with Crippen LogP contribution in [-0.4, -0.2) is 32.7 Å². The zero-order valence-corrected chi connectivity index (χ0v) is 11.5. The SMILES string of the molecule is Cc1[nH]cnc1[C@H](CC(=O)O)NC(=O)OC(C)(C)C. The Bertz CT molecular complexity index is 462. The van der Waals surface area contributed by atoms with Crippen molar-refractivity contribution in [3.8, 4) is 0 Å². The summed E-state index contributed by atoms with van der Waals surface area (Å²) in [6.45, 7) is 6.96. The van der Waals surface area contributed by atoms with Gasteiger partial charge in [-0.05, 0) is 27.7 Å². The van der Waals surface area contributed by atoms with E-state index in [9.17, 15) is 9.59 Å². The summed E-state index contributed by atoms with van der Waals surface area (Å²) in [5, 5.41) is 11.4. The average molecular weight is 269 g/mol. The van der Waals surface area contributed by atoms with E-state index >= 15 is 0 Å². The van der Waals surface area contributed by atoms with E-state index in [-0.39, 0.29) is 6.42 Å². The lowest BCUT2D eigenvalue weighted by Gasteiger charge is -2.22. The maximum absolute atomic E-state index is 11.7. The van der Waals surface area contributed by atoms with E-state index in [4.69, 9.17) is 9.84 Å². The van der Waals surface area contributed by atoms with Crippen molar-refractivity contribution in [2.45, 2.75) is 45.8 Å². The third kappa shape index (κ3) is 4.99. The van der Waals surface area contributed by atoms with Crippen LogP contribution in [0.25, 0.3) is 0 Å². The number of alkyl carbamates (subject to hydrolysis) is 1. The first-order chi connectivity index (χ1) is 8.69. The Morgan fingerprint density at radius 2 is 2.16 bits per heavy atom. The fourth-order valence-corrected chi connectivity index (χ4v) is 1.56. The summed E-state index contributed by atoms with van der Waals surface area (Å²) in [5.74, 6) is -1.02. The van der Waals surface area contributed by atoms with Gasteiger partial charge in [0.05, 0.1) is 24.5 Å². The molecule has 0 aliphatic carbocycles. The van der Waals surface area contributed by atoms with E-state index in [1.165, 1.54) is 6.33 Å². The Hall–Kier alpha value is -2.05. The second kappa shape index (κ2) is 5.73. The number of carboxylic acids is 1. The predicted octanol–water partition coefficient (Wildman–Crippen LogP) is 1.76. The molecule has 0 aliphatic rings. The first-order valence-corrected chi connectivity index (χ1v) is 5.90. The summed E-state index contributed by atoms with van der Waals surface area (Å²) in [7, 11) is 0. The first kappa shape index (κ1) is 15.0. The van der Waals surface area contributed by atoms with Crippen LogP contribution in [0, 0.1) is 6.92 Å². The second-order valence-electron chi connectivity index (χ2n) is 5.21. The van der Waals surface area contributed by atoms with Crippen molar-refractivity contribution < 1.29 is 19.4 Å². The Morgan fingerprint density at radius 3 is 2.58 bits per heavy atom. The standard InChI is InChI=1S/C12H19N3O4/c1-7-10(14-6-13-7)8(5-9(16)17)15-11(18)19-12(2,3)4/h6,8H,5H2,1-4H3,(H,13,14)(H,15,18)(H,16,17)/t8-/m0/s1. The fraction of sp³-hybridized carbons (Fsp3) is 0.583. The summed E-state index contributed by atoms with van der Waals surface area (Å²) in [4.78, 5) is 29.4. The van der Waals surface area contributed by atoms with Crippen LogP contribution < -0.4 is 5.32 Å². The molecular weight excluding hydrogens is 250 g/mol. The summed E-state index contributed by atoms with van der Waals surface area (Å²) in [6, 6.07) is -0.724. The lowest BCUT2D eigenvalue weighted by atomic mass is 10.1. The molecule has 0 unspecified atom stereocenters. The molecule has 0 aromatic carbocycles. The lowest BCUT2D eigenvalue weighted by molar-refractivity contribution is -0.137. The minimum atomic E-state index is -1.02. The van der Waals surface area contributed by atoms with Crippen molar-refractivity contribution in [2.75, 3.05) is 0 Å².